The number of halogens is 1. The van der Waals surface area contributed by atoms with Gasteiger partial charge in [-0.25, -0.2) is 13.1 Å². The van der Waals surface area contributed by atoms with Crippen LogP contribution in [-0.2, 0) is 16.4 Å². The zero-order valence-corrected chi connectivity index (χ0v) is 14.1. The molecule has 112 valence electrons. The van der Waals surface area contributed by atoms with Crippen molar-refractivity contribution in [3.8, 4) is 0 Å². The Morgan fingerprint density at radius 1 is 1.24 bits per heavy atom. The molecule has 0 radical (unpaired) electrons. The maximum atomic E-state index is 12.1. The van der Waals surface area contributed by atoms with E-state index in [1.165, 1.54) is 6.07 Å². The molecule has 2 aromatic rings. The normalized spacial score (nSPS) is 11.5. The minimum absolute atomic E-state index is 0.197. The number of thiocarbonyl (C=S) groups is 1. The third kappa shape index (κ3) is 4.49. The lowest BCUT2D eigenvalue weighted by Crippen LogP contribution is -2.25. The van der Waals surface area contributed by atoms with E-state index in [0.29, 0.717) is 22.9 Å². The lowest BCUT2D eigenvalue weighted by Gasteiger charge is -2.05. The smallest absolute Gasteiger partial charge is 0.250 e. The molecule has 0 aliphatic heterocycles. The van der Waals surface area contributed by atoms with Crippen LogP contribution < -0.4 is 10.5 Å². The Balaban J connectivity index is 1.97. The molecule has 21 heavy (non-hydrogen) atoms. The molecular formula is C13H13ClN2O2S3. The standard InChI is InChI=1S/C13H13ClN2O2S3/c14-10-3-1-9(2-4-10)7-8-16-21(17,18)12-6-5-11(20-12)13(15)19/h1-6,16H,7-8H2,(H2,15,19). The first-order valence-electron chi connectivity index (χ1n) is 6.02. The Hall–Kier alpha value is -0.990. The number of nitrogens with one attached hydrogen (secondary N) is 1. The molecular weight excluding hydrogens is 348 g/mol. The van der Waals surface area contributed by atoms with E-state index in [9.17, 15) is 8.42 Å². The van der Waals surface area contributed by atoms with E-state index in [1.807, 2.05) is 12.1 Å². The van der Waals surface area contributed by atoms with E-state index in [2.05, 4.69) is 4.72 Å². The van der Waals surface area contributed by atoms with Gasteiger partial charge in [0, 0.05) is 11.6 Å². The maximum Gasteiger partial charge on any atom is 0.250 e. The van der Waals surface area contributed by atoms with E-state index in [1.54, 1.807) is 18.2 Å². The third-order valence-corrected chi connectivity index (χ3v) is 6.38. The van der Waals surface area contributed by atoms with Gasteiger partial charge in [-0.1, -0.05) is 36.0 Å². The van der Waals surface area contributed by atoms with Crippen molar-refractivity contribution in [1.82, 2.24) is 4.72 Å². The average molecular weight is 361 g/mol. The van der Waals surface area contributed by atoms with Crippen molar-refractivity contribution >= 4 is 50.2 Å². The van der Waals surface area contributed by atoms with Crippen LogP contribution in [0, 0.1) is 0 Å². The number of hydrogen-bond acceptors (Lipinski definition) is 4. The molecule has 0 aliphatic carbocycles. The van der Waals surface area contributed by atoms with Crippen LogP contribution in [0.3, 0.4) is 0 Å². The van der Waals surface area contributed by atoms with Gasteiger partial charge < -0.3 is 5.73 Å². The highest BCUT2D eigenvalue weighted by Gasteiger charge is 2.16. The molecule has 1 heterocycles. The number of hydrogen-bond donors (Lipinski definition) is 2. The molecule has 3 N–H and O–H groups in total. The maximum absolute atomic E-state index is 12.1. The van der Waals surface area contributed by atoms with Gasteiger partial charge in [0.2, 0.25) is 10.0 Å². The van der Waals surface area contributed by atoms with Crippen LogP contribution in [0.25, 0.3) is 0 Å². The monoisotopic (exact) mass is 360 g/mol. The molecule has 4 nitrogen and oxygen atoms in total. The van der Waals surface area contributed by atoms with Gasteiger partial charge >= 0.3 is 0 Å². The largest absolute Gasteiger partial charge is 0.389 e. The van der Waals surface area contributed by atoms with Crippen LogP contribution in [0.5, 0.6) is 0 Å². The highest BCUT2D eigenvalue weighted by atomic mass is 35.5. The van der Waals surface area contributed by atoms with Crippen LogP contribution in [0.4, 0.5) is 0 Å². The third-order valence-electron chi connectivity index (χ3n) is 2.71. The molecule has 0 aliphatic rings. The van der Waals surface area contributed by atoms with Gasteiger partial charge in [-0.05, 0) is 36.2 Å². The van der Waals surface area contributed by atoms with E-state index >= 15 is 0 Å². The molecule has 0 amide bonds. The fourth-order valence-electron chi connectivity index (χ4n) is 1.65. The molecule has 0 atom stereocenters. The Morgan fingerprint density at radius 2 is 1.90 bits per heavy atom. The molecule has 0 saturated carbocycles. The molecule has 2 rings (SSSR count). The molecule has 1 aromatic carbocycles. The molecule has 0 saturated heterocycles. The topological polar surface area (TPSA) is 72.2 Å². The first-order chi connectivity index (χ1) is 9.88. The van der Waals surface area contributed by atoms with Gasteiger partial charge in [0.05, 0.1) is 4.88 Å². The number of sulfonamides is 1. The van der Waals surface area contributed by atoms with Crippen molar-refractivity contribution in [3.05, 3.63) is 51.9 Å². The van der Waals surface area contributed by atoms with Crippen LogP contribution in [-0.4, -0.2) is 20.0 Å². The zero-order valence-electron chi connectivity index (χ0n) is 10.9. The zero-order chi connectivity index (χ0) is 15.5. The minimum atomic E-state index is -3.52. The van der Waals surface area contributed by atoms with Gasteiger partial charge in [-0.15, -0.1) is 11.3 Å². The fraction of sp³-hybridized carbons (Fsp3) is 0.154. The fourth-order valence-corrected chi connectivity index (χ4v) is 4.20. The minimum Gasteiger partial charge on any atom is -0.389 e. The highest BCUT2D eigenvalue weighted by molar-refractivity contribution is 7.91. The van der Waals surface area contributed by atoms with Crippen LogP contribution in [0.1, 0.15) is 10.4 Å². The summed E-state index contributed by atoms with van der Waals surface area (Å²) in [7, 11) is -3.52. The Morgan fingerprint density at radius 3 is 2.48 bits per heavy atom. The first kappa shape index (κ1) is 16.4. The summed E-state index contributed by atoms with van der Waals surface area (Å²) >= 11 is 11.7. The van der Waals surface area contributed by atoms with E-state index < -0.39 is 10.0 Å². The molecule has 0 spiro atoms. The quantitative estimate of drug-likeness (QED) is 0.776. The number of nitrogens with two attached hydrogens (primary N) is 1. The lowest BCUT2D eigenvalue weighted by molar-refractivity contribution is 0.584. The first-order valence-corrected chi connectivity index (χ1v) is 9.11. The van der Waals surface area contributed by atoms with Gasteiger partial charge in [0.1, 0.15) is 9.20 Å². The van der Waals surface area contributed by atoms with Crippen LogP contribution in [0.2, 0.25) is 5.02 Å². The van der Waals surface area contributed by atoms with Crippen molar-refractivity contribution in [2.45, 2.75) is 10.6 Å². The molecule has 0 unspecified atom stereocenters. The summed E-state index contributed by atoms with van der Waals surface area (Å²) in [5.74, 6) is 0. The molecule has 1 aromatic heterocycles. The van der Waals surface area contributed by atoms with Crippen molar-refractivity contribution in [2.75, 3.05) is 6.54 Å². The van der Waals surface area contributed by atoms with Crippen molar-refractivity contribution in [2.24, 2.45) is 5.73 Å². The number of rotatable bonds is 6. The van der Waals surface area contributed by atoms with E-state index in [4.69, 9.17) is 29.6 Å². The molecule has 0 bridgehead atoms. The number of benzene rings is 1. The van der Waals surface area contributed by atoms with Crippen LogP contribution in [0.15, 0.2) is 40.6 Å². The summed E-state index contributed by atoms with van der Waals surface area (Å²) in [5.41, 5.74) is 6.49. The predicted octanol–water partition coefficient (Wildman–Crippen LogP) is 2.56. The van der Waals surface area contributed by atoms with E-state index in [-0.39, 0.29) is 9.20 Å². The predicted molar refractivity (Wildman–Crippen MR) is 90.6 cm³/mol. The second-order valence-corrected chi connectivity index (χ2v) is 8.21. The average Bonchev–Trinajstić information content (AvgIpc) is 2.91. The van der Waals surface area contributed by atoms with Crippen molar-refractivity contribution < 1.29 is 8.42 Å². The lowest BCUT2D eigenvalue weighted by atomic mass is 10.2. The van der Waals surface area contributed by atoms with Gasteiger partial charge in [0.15, 0.2) is 0 Å². The summed E-state index contributed by atoms with van der Waals surface area (Å²) in [5, 5.41) is 0.656. The van der Waals surface area contributed by atoms with Gasteiger partial charge in [0.25, 0.3) is 0 Å². The second kappa shape index (κ2) is 6.85. The van der Waals surface area contributed by atoms with Gasteiger partial charge in [-0.3, -0.25) is 0 Å². The van der Waals surface area contributed by atoms with Crippen molar-refractivity contribution in [1.29, 1.82) is 0 Å². The Kier molecular flexibility index (Phi) is 5.34. The van der Waals surface area contributed by atoms with E-state index in [0.717, 1.165) is 16.9 Å². The summed E-state index contributed by atoms with van der Waals surface area (Å²) < 4.78 is 27.0. The summed E-state index contributed by atoms with van der Waals surface area (Å²) in [6.07, 6.45) is 0.587. The van der Waals surface area contributed by atoms with Crippen LogP contribution >= 0.6 is 35.2 Å². The summed E-state index contributed by atoms with van der Waals surface area (Å²) in [4.78, 5) is 0.783. The highest BCUT2D eigenvalue weighted by Crippen LogP contribution is 2.21. The SMILES string of the molecule is NC(=S)c1ccc(S(=O)(=O)NCCc2ccc(Cl)cc2)s1. The van der Waals surface area contributed by atoms with Gasteiger partial charge in [-0.2, -0.15) is 0 Å². The number of thiophene rings is 1. The Labute approximate surface area is 138 Å². The summed E-state index contributed by atoms with van der Waals surface area (Å²) in [6, 6.07) is 10.4. The van der Waals surface area contributed by atoms with Crippen molar-refractivity contribution in [3.63, 3.8) is 0 Å². The Bertz CT molecular complexity index is 739. The second-order valence-electron chi connectivity index (χ2n) is 4.26. The molecule has 0 fully saturated rings. The molecule has 8 heteroatoms. The summed E-state index contributed by atoms with van der Waals surface area (Å²) in [6.45, 7) is 0.310.